The Morgan fingerprint density at radius 2 is 2.05 bits per heavy atom. The van der Waals surface area contributed by atoms with E-state index in [-0.39, 0.29) is 6.61 Å². The van der Waals surface area contributed by atoms with Gasteiger partial charge in [0.05, 0.1) is 18.8 Å². The molecule has 2 rings (SSSR count). The van der Waals surface area contributed by atoms with Crippen LogP contribution in [0, 0.1) is 6.92 Å². The maximum absolute atomic E-state index is 9.51. The number of anilines is 1. The van der Waals surface area contributed by atoms with Gasteiger partial charge in [0.1, 0.15) is 0 Å². The molecule has 3 nitrogen and oxygen atoms in total. The summed E-state index contributed by atoms with van der Waals surface area (Å²) in [6.07, 6.45) is 0. The van der Waals surface area contributed by atoms with E-state index in [9.17, 15) is 5.11 Å². The molecule has 0 spiro atoms. The summed E-state index contributed by atoms with van der Waals surface area (Å²) in [4.78, 5) is 6.77. The molecule has 0 saturated heterocycles. The van der Waals surface area contributed by atoms with Crippen LogP contribution < -0.4 is 4.90 Å². The molecule has 4 heteroatoms. The van der Waals surface area contributed by atoms with Crippen LogP contribution in [0.4, 0.5) is 5.69 Å². The Hall–Kier alpha value is -1.39. The minimum Gasteiger partial charge on any atom is -0.392 e. The Kier molecular flexibility index (Phi) is 5.15. The SMILES string of the molecule is CCN(Cc1cccc(C)n1)c1cc(Br)ccc1CO. The van der Waals surface area contributed by atoms with Crippen LogP contribution in [0.15, 0.2) is 40.9 Å². The summed E-state index contributed by atoms with van der Waals surface area (Å²) in [6.45, 7) is 5.75. The molecule has 1 heterocycles. The highest BCUT2D eigenvalue weighted by Gasteiger charge is 2.11. The first kappa shape index (κ1) is 15.0. The highest BCUT2D eigenvalue weighted by Crippen LogP contribution is 2.26. The molecule has 0 bridgehead atoms. The molecule has 0 aliphatic rings. The van der Waals surface area contributed by atoms with Gasteiger partial charge in [-0.1, -0.05) is 28.1 Å². The molecule has 0 saturated carbocycles. The zero-order valence-corrected chi connectivity index (χ0v) is 13.4. The summed E-state index contributed by atoms with van der Waals surface area (Å²) in [7, 11) is 0. The van der Waals surface area contributed by atoms with E-state index in [0.29, 0.717) is 0 Å². The number of benzene rings is 1. The van der Waals surface area contributed by atoms with Crippen molar-refractivity contribution in [3.8, 4) is 0 Å². The molecule has 0 atom stereocenters. The Morgan fingerprint density at radius 3 is 2.70 bits per heavy atom. The lowest BCUT2D eigenvalue weighted by Crippen LogP contribution is -2.24. The first-order valence-electron chi connectivity index (χ1n) is 6.70. The van der Waals surface area contributed by atoms with Gasteiger partial charge in [-0.15, -0.1) is 0 Å². The number of aromatic nitrogens is 1. The second kappa shape index (κ2) is 6.86. The number of hydrogen-bond acceptors (Lipinski definition) is 3. The monoisotopic (exact) mass is 334 g/mol. The van der Waals surface area contributed by atoms with Crippen LogP contribution in [-0.2, 0) is 13.2 Å². The van der Waals surface area contributed by atoms with Crippen LogP contribution in [-0.4, -0.2) is 16.6 Å². The first-order valence-corrected chi connectivity index (χ1v) is 7.50. The van der Waals surface area contributed by atoms with E-state index in [1.807, 2.05) is 43.3 Å². The summed E-state index contributed by atoms with van der Waals surface area (Å²) in [5.74, 6) is 0. The molecule has 0 fully saturated rings. The predicted octanol–water partition coefficient (Wildman–Crippen LogP) is 3.67. The number of rotatable bonds is 5. The van der Waals surface area contributed by atoms with Gasteiger partial charge < -0.3 is 10.0 Å². The number of pyridine rings is 1. The molecule has 20 heavy (non-hydrogen) atoms. The van der Waals surface area contributed by atoms with Crippen molar-refractivity contribution < 1.29 is 5.11 Å². The van der Waals surface area contributed by atoms with Gasteiger partial charge in [-0.05, 0) is 38.1 Å². The first-order chi connectivity index (χ1) is 9.63. The minimum absolute atomic E-state index is 0.0420. The van der Waals surface area contributed by atoms with Crippen LogP contribution >= 0.6 is 15.9 Å². The lowest BCUT2D eigenvalue weighted by molar-refractivity contribution is 0.282. The molecule has 0 unspecified atom stereocenters. The zero-order chi connectivity index (χ0) is 14.5. The average molecular weight is 335 g/mol. The second-order valence-electron chi connectivity index (χ2n) is 4.72. The third-order valence-electron chi connectivity index (χ3n) is 3.24. The van der Waals surface area contributed by atoms with E-state index in [0.717, 1.165) is 40.2 Å². The van der Waals surface area contributed by atoms with Gasteiger partial charge in [0.25, 0.3) is 0 Å². The Balaban J connectivity index is 2.30. The Labute approximate surface area is 128 Å². The molecular formula is C16H19BrN2O. The van der Waals surface area contributed by atoms with Crippen molar-refractivity contribution >= 4 is 21.6 Å². The van der Waals surface area contributed by atoms with Crippen LogP contribution in [0.25, 0.3) is 0 Å². The van der Waals surface area contributed by atoms with E-state index in [1.54, 1.807) is 0 Å². The summed E-state index contributed by atoms with van der Waals surface area (Å²) in [5.41, 5.74) is 4.04. The van der Waals surface area contributed by atoms with Gasteiger partial charge in [0, 0.05) is 28.0 Å². The molecule has 1 aromatic heterocycles. The van der Waals surface area contributed by atoms with Crippen molar-refractivity contribution in [2.45, 2.75) is 27.0 Å². The van der Waals surface area contributed by atoms with Gasteiger partial charge in [0.15, 0.2) is 0 Å². The fraction of sp³-hybridized carbons (Fsp3) is 0.312. The largest absolute Gasteiger partial charge is 0.392 e. The molecule has 1 N–H and O–H groups in total. The number of aliphatic hydroxyl groups excluding tert-OH is 1. The van der Waals surface area contributed by atoms with Gasteiger partial charge in [0.2, 0.25) is 0 Å². The molecule has 0 aliphatic carbocycles. The van der Waals surface area contributed by atoms with Crippen molar-refractivity contribution in [3.05, 3.63) is 57.8 Å². The normalized spacial score (nSPS) is 10.6. The topological polar surface area (TPSA) is 36.4 Å². The summed E-state index contributed by atoms with van der Waals surface area (Å²) < 4.78 is 1.01. The van der Waals surface area contributed by atoms with Gasteiger partial charge >= 0.3 is 0 Å². The fourth-order valence-corrected chi connectivity index (χ4v) is 2.56. The van der Waals surface area contributed by atoms with Gasteiger partial charge in [-0.2, -0.15) is 0 Å². The zero-order valence-electron chi connectivity index (χ0n) is 11.8. The highest BCUT2D eigenvalue weighted by molar-refractivity contribution is 9.10. The van der Waals surface area contributed by atoms with Crippen molar-refractivity contribution in [1.29, 1.82) is 0 Å². The molecule has 0 amide bonds. The summed E-state index contributed by atoms with van der Waals surface area (Å²) in [5, 5.41) is 9.51. The molecule has 0 radical (unpaired) electrons. The molecule has 106 valence electrons. The summed E-state index contributed by atoms with van der Waals surface area (Å²) >= 11 is 3.50. The average Bonchev–Trinajstić information content (AvgIpc) is 2.45. The lowest BCUT2D eigenvalue weighted by atomic mass is 10.1. The standard InChI is InChI=1S/C16H19BrN2O/c1-3-19(10-15-6-4-5-12(2)18-15)16-9-14(17)8-7-13(16)11-20/h4-9,20H,3,10-11H2,1-2H3. The molecular weight excluding hydrogens is 316 g/mol. The quantitative estimate of drug-likeness (QED) is 0.906. The number of halogens is 1. The maximum atomic E-state index is 9.51. The van der Waals surface area contributed by atoms with E-state index >= 15 is 0 Å². The van der Waals surface area contributed by atoms with Gasteiger partial charge in [-0.3, -0.25) is 4.98 Å². The van der Waals surface area contributed by atoms with E-state index in [4.69, 9.17) is 0 Å². The molecule has 1 aromatic carbocycles. The second-order valence-corrected chi connectivity index (χ2v) is 5.63. The minimum atomic E-state index is 0.0420. The van der Waals surface area contributed by atoms with E-state index < -0.39 is 0 Å². The van der Waals surface area contributed by atoms with E-state index in [1.165, 1.54) is 0 Å². The fourth-order valence-electron chi connectivity index (χ4n) is 2.22. The summed E-state index contributed by atoms with van der Waals surface area (Å²) in [6, 6.07) is 12.0. The van der Waals surface area contributed by atoms with Crippen LogP contribution in [0.2, 0.25) is 0 Å². The third kappa shape index (κ3) is 3.58. The van der Waals surface area contributed by atoms with E-state index in [2.05, 4.69) is 32.7 Å². The number of aliphatic hydroxyl groups is 1. The number of nitrogens with zero attached hydrogens (tertiary/aromatic N) is 2. The number of aryl methyl sites for hydroxylation is 1. The molecule has 0 aliphatic heterocycles. The maximum Gasteiger partial charge on any atom is 0.0702 e. The van der Waals surface area contributed by atoms with Crippen LogP contribution in [0.1, 0.15) is 23.9 Å². The Bertz CT molecular complexity index is 586. The van der Waals surface area contributed by atoms with Crippen LogP contribution in [0.5, 0.6) is 0 Å². The van der Waals surface area contributed by atoms with Crippen molar-refractivity contribution in [2.24, 2.45) is 0 Å². The van der Waals surface area contributed by atoms with Crippen LogP contribution in [0.3, 0.4) is 0 Å². The van der Waals surface area contributed by atoms with Crippen molar-refractivity contribution in [2.75, 3.05) is 11.4 Å². The Morgan fingerprint density at radius 1 is 1.25 bits per heavy atom. The van der Waals surface area contributed by atoms with Gasteiger partial charge in [-0.25, -0.2) is 0 Å². The lowest BCUT2D eigenvalue weighted by Gasteiger charge is -2.25. The number of hydrogen-bond donors (Lipinski definition) is 1. The molecule has 2 aromatic rings. The predicted molar refractivity (Wildman–Crippen MR) is 85.8 cm³/mol. The smallest absolute Gasteiger partial charge is 0.0702 e. The third-order valence-corrected chi connectivity index (χ3v) is 3.73. The highest BCUT2D eigenvalue weighted by atomic mass is 79.9. The van der Waals surface area contributed by atoms with Crippen molar-refractivity contribution in [3.63, 3.8) is 0 Å². The van der Waals surface area contributed by atoms with Crippen molar-refractivity contribution in [1.82, 2.24) is 4.98 Å².